The Hall–Kier alpha value is 0.131. The molecule has 1 aliphatic carbocycles. The predicted molar refractivity (Wildman–Crippen MR) is 51.6 cm³/mol. The van der Waals surface area contributed by atoms with Gasteiger partial charge in [0.25, 0.3) is 0 Å². The minimum atomic E-state index is -5.37. The Kier molecular flexibility index (Phi) is 4.48. The fourth-order valence-electron chi connectivity index (χ4n) is 1.68. The number of nitriles is 1. The molecule has 0 saturated heterocycles. The van der Waals surface area contributed by atoms with Gasteiger partial charge < -0.3 is 12.9 Å². The molecule has 0 unspecified atom stereocenters. The van der Waals surface area contributed by atoms with Crippen molar-refractivity contribution < 1.29 is 68.7 Å². The van der Waals surface area contributed by atoms with Gasteiger partial charge >= 0.3 is 58.4 Å². The van der Waals surface area contributed by atoms with Crippen molar-refractivity contribution >= 4 is 12.4 Å². The van der Waals surface area contributed by atoms with Crippen LogP contribution in [-0.2, 0) is 5.41 Å². The van der Waals surface area contributed by atoms with Crippen molar-refractivity contribution in [2.24, 2.45) is 0 Å². The van der Waals surface area contributed by atoms with Crippen molar-refractivity contribution in [3.8, 4) is 6.07 Å². The summed E-state index contributed by atoms with van der Waals surface area (Å²) in [6.07, 6.45) is 1.08. The molecule has 0 spiro atoms. The Balaban J connectivity index is 0.00000144. The van der Waals surface area contributed by atoms with Crippen LogP contribution in [0.4, 0.5) is 17.3 Å². The van der Waals surface area contributed by atoms with E-state index >= 15 is 0 Å². The quantitative estimate of drug-likeness (QED) is 0.520. The third-order valence-corrected chi connectivity index (χ3v) is 2.87. The number of benzene rings is 1. The summed E-state index contributed by atoms with van der Waals surface area (Å²) >= 11 is 0. The van der Waals surface area contributed by atoms with Gasteiger partial charge in [-0.1, -0.05) is 17.6 Å². The Morgan fingerprint density at radius 2 is 1.82 bits per heavy atom. The van der Waals surface area contributed by atoms with Gasteiger partial charge in [-0.15, -0.1) is 0 Å². The van der Waals surface area contributed by atoms with Crippen molar-refractivity contribution in [1.82, 2.24) is 0 Å². The Morgan fingerprint density at radius 3 is 2.24 bits per heavy atom. The smallest absolute Gasteiger partial charge is 0.445 e. The molecule has 1 saturated carbocycles. The molecule has 0 aliphatic heterocycles. The van der Waals surface area contributed by atoms with Gasteiger partial charge in [-0.2, -0.15) is 5.26 Å². The number of rotatable bonds is 2. The fourth-order valence-corrected chi connectivity index (χ4v) is 1.68. The Bertz CT molecular complexity index is 476. The van der Waals surface area contributed by atoms with Crippen LogP contribution in [-0.4, -0.2) is 6.98 Å². The summed E-state index contributed by atoms with van der Waals surface area (Å²) in [5.74, 6) is -1.27. The van der Waals surface area contributed by atoms with Crippen molar-refractivity contribution in [3.05, 3.63) is 29.6 Å². The summed E-state index contributed by atoms with van der Waals surface area (Å²) < 4.78 is 50.4. The average molecular weight is 267 g/mol. The number of halogens is 4. The van der Waals surface area contributed by atoms with Gasteiger partial charge in [0.05, 0.1) is 17.3 Å². The van der Waals surface area contributed by atoms with Crippen LogP contribution in [0.25, 0.3) is 0 Å². The first-order valence-corrected chi connectivity index (χ1v) is 4.80. The van der Waals surface area contributed by atoms with Crippen LogP contribution in [0.3, 0.4) is 0 Å². The van der Waals surface area contributed by atoms with Gasteiger partial charge in [-0.25, -0.2) is 4.39 Å². The minimum absolute atomic E-state index is 0. The predicted octanol–water partition coefficient (Wildman–Crippen LogP) is -0.561. The van der Waals surface area contributed by atoms with E-state index in [4.69, 9.17) is 5.26 Å². The molecular formula is C10H7BF4KN. The van der Waals surface area contributed by atoms with Crippen LogP contribution < -0.4 is 56.8 Å². The van der Waals surface area contributed by atoms with Gasteiger partial charge in [0, 0.05) is 0 Å². The zero-order chi connectivity index (χ0) is 12.0. The SMILES string of the molecule is N#CC1(c2ccc(F)c([B-](F)(F)F)c2)CC1.[K+]. The van der Waals surface area contributed by atoms with Crippen LogP contribution in [0.15, 0.2) is 18.2 Å². The van der Waals surface area contributed by atoms with Crippen LogP contribution in [0.1, 0.15) is 18.4 Å². The summed E-state index contributed by atoms with van der Waals surface area (Å²) in [5.41, 5.74) is -1.78. The fraction of sp³-hybridized carbons (Fsp3) is 0.300. The molecule has 0 N–H and O–H groups in total. The zero-order valence-corrected chi connectivity index (χ0v) is 12.3. The topological polar surface area (TPSA) is 23.8 Å². The number of nitrogens with zero attached hydrogens (tertiary/aromatic N) is 1. The molecular weight excluding hydrogens is 260 g/mol. The molecule has 1 aliphatic rings. The summed E-state index contributed by atoms with van der Waals surface area (Å²) in [6, 6.07) is 4.80. The van der Waals surface area contributed by atoms with E-state index in [0.717, 1.165) is 12.1 Å². The van der Waals surface area contributed by atoms with Gasteiger partial charge in [-0.3, -0.25) is 0 Å². The second-order valence-corrected chi connectivity index (χ2v) is 4.00. The van der Waals surface area contributed by atoms with Crippen molar-refractivity contribution in [3.63, 3.8) is 0 Å². The summed E-state index contributed by atoms with van der Waals surface area (Å²) in [7, 11) is 0. The minimum Gasteiger partial charge on any atom is -0.445 e. The summed E-state index contributed by atoms with van der Waals surface area (Å²) in [5, 5.41) is 8.85. The van der Waals surface area contributed by atoms with E-state index in [0.29, 0.717) is 12.8 Å². The molecule has 1 fully saturated rings. The Morgan fingerprint density at radius 1 is 1.24 bits per heavy atom. The van der Waals surface area contributed by atoms with Crippen molar-refractivity contribution in [1.29, 1.82) is 5.26 Å². The first kappa shape index (κ1) is 15.2. The molecule has 17 heavy (non-hydrogen) atoms. The molecule has 1 aromatic rings. The second kappa shape index (κ2) is 5.02. The molecule has 1 nitrogen and oxygen atoms in total. The maximum atomic E-state index is 13.0. The third kappa shape index (κ3) is 2.93. The molecule has 2 rings (SSSR count). The van der Waals surface area contributed by atoms with Gasteiger partial charge in [0.1, 0.15) is 0 Å². The molecule has 0 atom stereocenters. The normalized spacial score (nSPS) is 16.9. The molecule has 7 heteroatoms. The third-order valence-electron chi connectivity index (χ3n) is 2.87. The van der Waals surface area contributed by atoms with E-state index in [9.17, 15) is 17.3 Å². The zero-order valence-electron chi connectivity index (χ0n) is 9.18. The first-order valence-electron chi connectivity index (χ1n) is 4.80. The Labute approximate surface area is 139 Å². The van der Waals surface area contributed by atoms with E-state index in [1.54, 1.807) is 0 Å². The van der Waals surface area contributed by atoms with Crippen LogP contribution in [0.5, 0.6) is 0 Å². The molecule has 0 heterocycles. The van der Waals surface area contributed by atoms with Gasteiger partial charge in [-0.05, 0) is 24.5 Å². The summed E-state index contributed by atoms with van der Waals surface area (Å²) in [6.45, 7) is -5.37. The van der Waals surface area contributed by atoms with E-state index in [1.807, 2.05) is 6.07 Å². The van der Waals surface area contributed by atoms with Crippen LogP contribution in [0, 0.1) is 17.1 Å². The first-order chi connectivity index (χ1) is 7.39. The molecule has 0 radical (unpaired) electrons. The van der Waals surface area contributed by atoms with Gasteiger partial charge in [0.15, 0.2) is 0 Å². The van der Waals surface area contributed by atoms with Crippen molar-refractivity contribution in [2.75, 3.05) is 0 Å². The average Bonchev–Trinajstić information content (AvgIpc) is 2.97. The standard InChI is InChI=1S/C10H7BF4N.K/c12-9-2-1-7(10(6-16)3-4-10)5-8(9)11(13,14)15;/h1-2,5H,3-4H2;/q-1;+1. The van der Waals surface area contributed by atoms with E-state index in [1.165, 1.54) is 6.07 Å². The number of hydrogen-bond acceptors (Lipinski definition) is 1. The van der Waals surface area contributed by atoms with E-state index in [2.05, 4.69) is 0 Å². The van der Waals surface area contributed by atoms with Crippen LogP contribution in [0.2, 0.25) is 0 Å². The van der Waals surface area contributed by atoms with Crippen LogP contribution >= 0.6 is 0 Å². The summed E-state index contributed by atoms with van der Waals surface area (Å²) in [4.78, 5) is 0. The van der Waals surface area contributed by atoms with E-state index < -0.39 is 23.7 Å². The largest absolute Gasteiger partial charge is 1.00 e. The maximum absolute atomic E-state index is 13.0. The molecule has 0 aromatic heterocycles. The molecule has 1 aromatic carbocycles. The molecule has 0 bridgehead atoms. The number of hydrogen-bond donors (Lipinski definition) is 0. The van der Waals surface area contributed by atoms with Gasteiger partial charge in [0.2, 0.25) is 0 Å². The van der Waals surface area contributed by atoms with E-state index in [-0.39, 0.29) is 56.9 Å². The maximum Gasteiger partial charge on any atom is 1.00 e. The molecule has 0 amide bonds. The monoisotopic (exact) mass is 267 g/mol. The van der Waals surface area contributed by atoms with Crippen molar-refractivity contribution in [2.45, 2.75) is 18.3 Å². The molecule has 84 valence electrons. The second-order valence-electron chi connectivity index (χ2n) is 4.00.